The molecule has 0 unspecified atom stereocenters. The van der Waals surface area contributed by atoms with Crippen LogP contribution in [0.1, 0.15) is 73.3 Å². The maximum atomic E-state index is 13.2. The van der Waals surface area contributed by atoms with Gasteiger partial charge in [0.15, 0.2) is 0 Å². The van der Waals surface area contributed by atoms with Gasteiger partial charge < -0.3 is 40.9 Å². The molecule has 48 heavy (non-hydrogen) atoms. The summed E-state index contributed by atoms with van der Waals surface area (Å²) in [7, 11) is 6.07. The van der Waals surface area contributed by atoms with Crippen LogP contribution in [0.25, 0.3) is 0 Å². The van der Waals surface area contributed by atoms with Crippen LogP contribution in [-0.4, -0.2) is 110 Å². The molecule has 0 saturated heterocycles. The zero-order valence-electron chi connectivity index (χ0n) is 30.6. The minimum Gasteiger partial charge on any atom is -0.444 e. The number of amides is 5. The Balaban J connectivity index is 2.88. The average Bonchev–Trinajstić information content (AvgIpc) is 2.96. The second-order valence-electron chi connectivity index (χ2n) is 14.9. The van der Waals surface area contributed by atoms with Gasteiger partial charge in [0.25, 0.3) is 0 Å². The minimum absolute atomic E-state index is 0.0655. The van der Waals surface area contributed by atoms with Crippen molar-refractivity contribution in [3.63, 3.8) is 0 Å². The van der Waals surface area contributed by atoms with Crippen LogP contribution in [0.15, 0.2) is 30.3 Å². The fraction of sp³-hybridized carbons (Fsp3) is 0.686. The van der Waals surface area contributed by atoms with Crippen molar-refractivity contribution in [2.45, 2.75) is 104 Å². The molecular formula is C35H61N6O7+. The molecule has 0 spiro atoms. The van der Waals surface area contributed by atoms with Gasteiger partial charge in [0.1, 0.15) is 17.7 Å². The van der Waals surface area contributed by atoms with Crippen molar-refractivity contribution in [3.05, 3.63) is 35.9 Å². The smallest absolute Gasteiger partial charge is 0.408 e. The second kappa shape index (κ2) is 20.0. The number of hydrogen-bond donors (Lipinski definition) is 6. The quantitative estimate of drug-likeness (QED) is 0.121. The van der Waals surface area contributed by atoms with Gasteiger partial charge >= 0.3 is 6.09 Å². The van der Waals surface area contributed by atoms with E-state index in [0.717, 1.165) is 12.1 Å². The van der Waals surface area contributed by atoms with Crippen molar-refractivity contribution in [3.8, 4) is 0 Å². The summed E-state index contributed by atoms with van der Waals surface area (Å²) in [4.78, 5) is 64.6. The number of nitrogens with zero attached hydrogens (tertiary/aromatic N) is 1. The molecule has 13 nitrogen and oxygen atoms in total. The van der Waals surface area contributed by atoms with Gasteiger partial charge in [0, 0.05) is 6.42 Å². The number of aliphatic hydroxyl groups excluding tert-OH is 1. The number of hydrogen-bond acceptors (Lipinski definition) is 7. The number of aliphatic hydroxyl groups is 1. The summed E-state index contributed by atoms with van der Waals surface area (Å²) >= 11 is 0. The highest BCUT2D eigenvalue weighted by Gasteiger charge is 2.30. The first-order valence-corrected chi connectivity index (χ1v) is 16.9. The van der Waals surface area contributed by atoms with Crippen LogP contribution in [0.5, 0.6) is 0 Å². The molecule has 0 saturated carbocycles. The van der Waals surface area contributed by atoms with E-state index in [2.05, 4.69) is 26.6 Å². The molecule has 1 aromatic rings. The Morgan fingerprint density at radius 1 is 0.875 bits per heavy atom. The molecule has 0 aromatic heterocycles. The van der Waals surface area contributed by atoms with Gasteiger partial charge in [-0.2, -0.15) is 0 Å². The van der Waals surface area contributed by atoms with Gasteiger partial charge in [0.05, 0.1) is 59.3 Å². The number of benzene rings is 1. The summed E-state index contributed by atoms with van der Waals surface area (Å²) in [6.07, 6.45) is -1.15. The lowest BCUT2D eigenvalue weighted by Crippen LogP contribution is -2.54. The average molecular weight is 678 g/mol. The first kappa shape index (κ1) is 42.3. The van der Waals surface area contributed by atoms with Gasteiger partial charge in [-0.1, -0.05) is 64.4 Å². The Kier molecular flexibility index (Phi) is 17.6. The van der Waals surface area contributed by atoms with Gasteiger partial charge in [-0.3, -0.25) is 19.2 Å². The fourth-order valence-electron chi connectivity index (χ4n) is 4.77. The molecule has 13 heteroatoms. The summed E-state index contributed by atoms with van der Waals surface area (Å²) in [6, 6.07) is 6.54. The van der Waals surface area contributed by atoms with E-state index in [4.69, 9.17) is 4.74 Å². The molecule has 272 valence electrons. The molecular weight excluding hydrogens is 616 g/mol. The Hall–Kier alpha value is -3.71. The van der Waals surface area contributed by atoms with Gasteiger partial charge in [-0.25, -0.2) is 4.79 Å². The first-order valence-electron chi connectivity index (χ1n) is 16.9. The van der Waals surface area contributed by atoms with Crippen molar-refractivity contribution in [1.29, 1.82) is 0 Å². The third-order valence-electron chi connectivity index (χ3n) is 7.54. The molecule has 1 aromatic carbocycles. The van der Waals surface area contributed by atoms with Crippen LogP contribution in [0.3, 0.4) is 0 Å². The summed E-state index contributed by atoms with van der Waals surface area (Å²) in [5, 5.41) is 24.6. The van der Waals surface area contributed by atoms with E-state index in [0.29, 0.717) is 23.9 Å². The molecule has 5 amide bonds. The topological polar surface area (TPSA) is 175 Å². The predicted molar refractivity (Wildman–Crippen MR) is 186 cm³/mol. The number of carbonyl (C=O) groups is 5. The third-order valence-corrected chi connectivity index (χ3v) is 7.54. The maximum Gasteiger partial charge on any atom is 0.408 e. The van der Waals surface area contributed by atoms with E-state index in [1.54, 1.807) is 20.8 Å². The first-order chi connectivity index (χ1) is 22.2. The zero-order valence-corrected chi connectivity index (χ0v) is 30.6. The van der Waals surface area contributed by atoms with Gasteiger partial charge in [-0.05, 0) is 44.6 Å². The van der Waals surface area contributed by atoms with E-state index < -0.39 is 60.2 Å². The van der Waals surface area contributed by atoms with Gasteiger partial charge in [0.2, 0.25) is 23.6 Å². The monoisotopic (exact) mass is 677 g/mol. The third kappa shape index (κ3) is 18.0. The Morgan fingerprint density at radius 3 is 2.04 bits per heavy atom. The molecule has 0 aliphatic carbocycles. The van der Waals surface area contributed by atoms with Crippen LogP contribution >= 0.6 is 0 Å². The Bertz CT molecular complexity index is 1180. The molecule has 0 aliphatic rings. The number of ether oxygens (including phenoxy) is 1. The Labute approximate surface area is 286 Å². The molecule has 0 heterocycles. The van der Waals surface area contributed by atoms with Crippen LogP contribution in [0, 0.1) is 11.8 Å². The molecule has 1 rings (SSSR count). The van der Waals surface area contributed by atoms with E-state index in [1.165, 1.54) is 0 Å². The van der Waals surface area contributed by atoms with Crippen molar-refractivity contribution in [2.75, 3.05) is 40.8 Å². The van der Waals surface area contributed by atoms with E-state index in [1.807, 2.05) is 79.2 Å². The minimum atomic E-state index is -1.24. The Morgan fingerprint density at radius 2 is 1.50 bits per heavy atom. The standard InChI is InChI=1S/C35H60N6O7/c1-11-24(4)31(33(46)36-17-18-41(8,9)10)40-29(43)21-28(42)26(19-23(2)3)38-30(44)22-37-32(45)27(20-25-15-13-12-14-16-25)39-34(47)48-35(5,6)7/h12-16,23-24,26-28,31,42H,11,17-22H2,1-10H3,(H4-,36,37,38,39,40,43,44,45,46,47)/p+1/t24-,26-,27-,28-,31-/m0/s1. The number of quaternary nitrogens is 1. The van der Waals surface area contributed by atoms with Crippen molar-refractivity contribution in [1.82, 2.24) is 26.6 Å². The SMILES string of the molecule is CC[C@H](C)[C@H](NC(=O)C[C@H](O)[C@H](CC(C)C)NC(=O)CNC(=O)[C@H](Cc1ccccc1)NC(=O)OC(C)(C)C)C(=O)NCC[N+](C)(C)C. The number of rotatable bonds is 19. The van der Waals surface area contributed by atoms with Crippen LogP contribution < -0.4 is 26.6 Å². The van der Waals surface area contributed by atoms with E-state index in [9.17, 15) is 29.1 Å². The maximum absolute atomic E-state index is 13.2. The summed E-state index contributed by atoms with van der Waals surface area (Å²) in [6.45, 7) is 13.5. The molecule has 0 bridgehead atoms. The zero-order chi connectivity index (χ0) is 36.7. The van der Waals surface area contributed by atoms with Crippen molar-refractivity contribution >= 4 is 29.7 Å². The fourth-order valence-corrected chi connectivity index (χ4v) is 4.77. The largest absolute Gasteiger partial charge is 0.444 e. The van der Waals surface area contributed by atoms with Crippen LogP contribution in [0.2, 0.25) is 0 Å². The highest BCUT2D eigenvalue weighted by molar-refractivity contribution is 5.90. The lowest BCUT2D eigenvalue weighted by atomic mass is 9.95. The lowest BCUT2D eigenvalue weighted by molar-refractivity contribution is -0.869. The summed E-state index contributed by atoms with van der Waals surface area (Å²) < 4.78 is 6.00. The molecule has 0 aliphatic heterocycles. The number of carbonyl (C=O) groups excluding carboxylic acids is 5. The normalized spacial score (nSPS) is 14.9. The lowest BCUT2D eigenvalue weighted by Gasteiger charge is -2.28. The van der Waals surface area contributed by atoms with E-state index >= 15 is 0 Å². The highest BCUT2D eigenvalue weighted by Crippen LogP contribution is 2.14. The number of alkyl carbamates (subject to hydrolysis) is 1. The van der Waals surface area contributed by atoms with Crippen molar-refractivity contribution < 1.29 is 38.3 Å². The highest BCUT2D eigenvalue weighted by atomic mass is 16.6. The molecule has 6 N–H and O–H groups in total. The molecule has 0 radical (unpaired) electrons. The van der Waals surface area contributed by atoms with Gasteiger partial charge in [-0.15, -0.1) is 0 Å². The van der Waals surface area contributed by atoms with Crippen LogP contribution in [-0.2, 0) is 30.3 Å². The number of nitrogens with one attached hydrogen (secondary N) is 5. The number of likely N-dealkylation sites (N-methyl/N-ethyl adjacent to an activating group) is 1. The summed E-state index contributed by atoms with van der Waals surface area (Å²) in [5.74, 6) is -2.02. The summed E-state index contributed by atoms with van der Waals surface area (Å²) in [5.41, 5.74) is 0.0299. The van der Waals surface area contributed by atoms with Crippen molar-refractivity contribution in [2.24, 2.45) is 11.8 Å². The van der Waals surface area contributed by atoms with Crippen LogP contribution in [0.4, 0.5) is 4.79 Å². The molecule has 0 fully saturated rings. The predicted octanol–water partition coefficient (Wildman–Crippen LogP) is 1.87. The van der Waals surface area contributed by atoms with E-state index in [-0.39, 0.29) is 30.6 Å². The molecule has 5 atom stereocenters. The second-order valence-corrected chi connectivity index (χ2v) is 14.9.